The standard InChI is InChI=1S/C10H12BNO/c1-11-6-7-13-10-4-2-9(8-12)3-5-10/h2-5,11H,6-7H2,1H3. The molecule has 1 rings (SSSR count). The summed E-state index contributed by atoms with van der Waals surface area (Å²) in [5.41, 5.74) is 0.669. The van der Waals surface area contributed by atoms with Crippen LogP contribution < -0.4 is 4.74 Å². The van der Waals surface area contributed by atoms with Crippen LogP contribution in [0.5, 0.6) is 5.75 Å². The number of nitriles is 1. The highest BCUT2D eigenvalue weighted by Crippen LogP contribution is 2.11. The van der Waals surface area contributed by atoms with Crippen LogP contribution in [0.15, 0.2) is 24.3 Å². The number of rotatable bonds is 4. The van der Waals surface area contributed by atoms with Gasteiger partial charge in [0.25, 0.3) is 0 Å². The van der Waals surface area contributed by atoms with Crippen LogP contribution in [0.4, 0.5) is 0 Å². The summed E-state index contributed by atoms with van der Waals surface area (Å²) in [4.78, 5) is 0. The van der Waals surface area contributed by atoms with Crippen LogP contribution >= 0.6 is 0 Å². The first-order valence-corrected chi connectivity index (χ1v) is 4.49. The maximum Gasteiger partial charge on any atom is 0.121 e. The van der Waals surface area contributed by atoms with Crippen LogP contribution in [-0.2, 0) is 0 Å². The first-order valence-electron chi connectivity index (χ1n) is 4.49. The van der Waals surface area contributed by atoms with Gasteiger partial charge in [-0.2, -0.15) is 5.26 Å². The van der Waals surface area contributed by atoms with E-state index in [1.54, 1.807) is 12.1 Å². The second kappa shape index (κ2) is 5.26. The highest BCUT2D eigenvalue weighted by Gasteiger charge is 1.93. The van der Waals surface area contributed by atoms with Crippen LogP contribution in [0.25, 0.3) is 0 Å². The van der Waals surface area contributed by atoms with Crippen LogP contribution in [0.1, 0.15) is 5.56 Å². The maximum absolute atomic E-state index is 8.55. The third kappa shape index (κ3) is 3.21. The van der Waals surface area contributed by atoms with Crippen LogP contribution in [0.3, 0.4) is 0 Å². The van der Waals surface area contributed by atoms with E-state index in [9.17, 15) is 0 Å². The Kier molecular flexibility index (Phi) is 3.91. The van der Waals surface area contributed by atoms with E-state index in [4.69, 9.17) is 10.00 Å². The van der Waals surface area contributed by atoms with E-state index in [2.05, 4.69) is 12.9 Å². The number of hydrogen-bond donors (Lipinski definition) is 0. The van der Waals surface area contributed by atoms with E-state index >= 15 is 0 Å². The fourth-order valence-electron chi connectivity index (χ4n) is 0.960. The van der Waals surface area contributed by atoms with Gasteiger partial charge in [-0.1, -0.05) is 6.82 Å². The molecule has 66 valence electrons. The smallest absolute Gasteiger partial charge is 0.121 e. The minimum Gasteiger partial charge on any atom is -0.494 e. The zero-order valence-electron chi connectivity index (χ0n) is 7.79. The summed E-state index contributed by atoms with van der Waals surface area (Å²) in [7, 11) is 1.14. The molecule has 2 nitrogen and oxygen atoms in total. The van der Waals surface area contributed by atoms with Gasteiger partial charge in [0.15, 0.2) is 0 Å². The molecule has 13 heavy (non-hydrogen) atoms. The molecule has 0 spiro atoms. The van der Waals surface area contributed by atoms with Gasteiger partial charge in [0, 0.05) is 0 Å². The zero-order chi connectivity index (χ0) is 9.52. The number of hydrogen-bond acceptors (Lipinski definition) is 2. The van der Waals surface area contributed by atoms with Crippen molar-refractivity contribution in [1.29, 1.82) is 5.26 Å². The monoisotopic (exact) mass is 173 g/mol. The topological polar surface area (TPSA) is 33.0 Å². The Morgan fingerprint density at radius 1 is 1.38 bits per heavy atom. The molecule has 0 amide bonds. The lowest BCUT2D eigenvalue weighted by Gasteiger charge is -2.03. The van der Waals surface area contributed by atoms with Crippen molar-refractivity contribution in [3.05, 3.63) is 29.8 Å². The van der Waals surface area contributed by atoms with Crippen LogP contribution in [0.2, 0.25) is 13.1 Å². The van der Waals surface area contributed by atoms with E-state index in [0.717, 1.165) is 26.0 Å². The molecule has 0 N–H and O–H groups in total. The average molecular weight is 173 g/mol. The Morgan fingerprint density at radius 2 is 2.08 bits per heavy atom. The van der Waals surface area contributed by atoms with E-state index < -0.39 is 0 Å². The molecule has 3 heteroatoms. The molecule has 0 aromatic heterocycles. The highest BCUT2D eigenvalue weighted by atomic mass is 16.5. The van der Waals surface area contributed by atoms with Gasteiger partial charge in [-0.3, -0.25) is 0 Å². The van der Waals surface area contributed by atoms with E-state index in [1.165, 1.54) is 0 Å². The van der Waals surface area contributed by atoms with Crippen molar-refractivity contribution in [2.24, 2.45) is 0 Å². The zero-order valence-corrected chi connectivity index (χ0v) is 7.79. The summed E-state index contributed by atoms with van der Waals surface area (Å²) in [6.45, 7) is 2.88. The van der Waals surface area contributed by atoms with E-state index in [1.807, 2.05) is 12.1 Å². The van der Waals surface area contributed by atoms with Gasteiger partial charge in [-0.05, 0) is 30.6 Å². The van der Waals surface area contributed by atoms with Gasteiger partial charge >= 0.3 is 0 Å². The Labute approximate surface area is 79.4 Å². The maximum atomic E-state index is 8.55. The molecule has 0 aliphatic heterocycles. The second-order valence-corrected chi connectivity index (χ2v) is 2.84. The molecule has 0 atom stereocenters. The van der Waals surface area contributed by atoms with E-state index in [-0.39, 0.29) is 0 Å². The van der Waals surface area contributed by atoms with Gasteiger partial charge in [-0.25, -0.2) is 0 Å². The molecular weight excluding hydrogens is 161 g/mol. The van der Waals surface area contributed by atoms with Crippen molar-refractivity contribution in [3.63, 3.8) is 0 Å². The molecule has 0 saturated carbocycles. The van der Waals surface area contributed by atoms with Gasteiger partial charge in [0.05, 0.1) is 18.2 Å². The lowest BCUT2D eigenvalue weighted by atomic mass is 9.79. The largest absolute Gasteiger partial charge is 0.494 e. The average Bonchev–Trinajstić information content (AvgIpc) is 2.19. The first kappa shape index (κ1) is 9.66. The summed E-state index contributed by atoms with van der Waals surface area (Å²) < 4.78 is 5.44. The molecule has 0 unspecified atom stereocenters. The predicted octanol–water partition coefficient (Wildman–Crippen LogP) is 1.84. The highest BCUT2D eigenvalue weighted by molar-refractivity contribution is 6.33. The molecule has 0 aliphatic rings. The Bertz CT molecular complexity index is 289. The van der Waals surface area contributed by atoms with E-state index in [0.29, 0.717) is 5.56 Å². The molecule has 0 radical (unpaired) electrons. The Balaban J connectivity index is 2.46. The second-order valence-electron chi connectivity index (χ2n) is 2.84. The van der Waals surface area contributed by atoms with Crippen molar-refractivity contribution in [1.82, 2.24) is 0 Å². The summed E-state index contributed by atoms with van der Waals surface area (Å²) in [5.74, 6) is 0.840. The minimum absolute atomic E-state index is 0.669. The quantitative estimate of drug-likeness (QED) is 0.514. The predicted molar refractivity (Wildman–Crippen MR) is 54.5 cm³/mol. The molecule has 0 aliphatic carbocycles. The van der Waals surface area contributed by atoms with Crippen molar-refractivity contribution >= 4 is 7.28 Å². The lowest BCUT2D eigenvalue weighted by Crippen LogP contribution is -1.98. The van der Waals surface area contributed by atoms with Gasteiger partial charge in [0.2, 0.25) is 0 Å². The van der Waals surface area contributed by atoms with Crippen molar-refractivity contribution in [2.75, 3.05) is 6.61 Å². The number of ether oxygens (including phenoxy) is 1. The van der Waals surface area contributed by atoms with Crippen LogP contribution in [0, 0.1) is 11.3 Å². The lowest BCUT2D eigenvalue weighted by molar-refractivity contribution is 0.340. The Morgan fingerprint density at radius 3 is 2.62 bits per heavy atom. The summed E-state index contributed by atoms with van der Waals surface area (Å²) >= 11 is 0. The minimum atomic E-state index is 0.669. The van der Waals surface area contributed by atoms with Crippen LogP contribution in [-0.4, -0.2) is 13.9 Å². The van der Waals surface area contributed by atoms with Crippen molar-refractivity contribution < 1.29 is 4.74 Å². The fourth-order valence-corrected chi connectivity index (χ4v) is 0.960. The molecule has 1 aromatic carbocycles. The van der Waals surface area contributed by atoms with Gasteiger partial charge < -0.3 is 4.74 Å². The molecule has 0 fully saturated rings. The van der Waals surface area contributed by atoms with Gasteiger partial charge in [0.1, 0.15) is 13.0 Å². The summed E-state index contributed by atoms with van der Waals surface area (Å²) in [6.07, 6.45) is 1.07. The third-order valence-corrected chi connectivity index (χ3v) is 1.75. The molecule has 0 saturated heterocycles. The number of nitrogens with zero attached hydrogens (tertiary/aromatic N) is 1. The molecule has 1 aromatic rings. The third-order valence-electron chi connectivity index (χ3n) is 1.75. The van der Waals surface area contributed by atoms with Gasteiger partial charge in [-0.15, -0.1) is 0 Å². The summed E-state index contributed by atoms with van der Waals surface area (Å²) in [6, 6.07) is 9.25. The molecule has 0 heterocycles. The fraction of sp³-hybridized carbons (Fsp3) is 0.300. The number of benzene rings is 1. The van der Waals surface area contributed by atoms with Crippen molar-refractivity contribution in [2.45, 2.75) is 13.1 Å². The van der Waals surface area contributed by atoms with Crippen molar-refractivity contribution in [3.8, 4) is 11.8 Å². The summed E-state index contributed by atoms with van der Waals surface area (Å²) in [5, 5.41) is 8.55. The Hall–Kier alpha value is -1.43. The first-order chi connectivity index (χ1) is 6.36. The molecule has 0 bridgehead atoms. The SMILES string of the molecule is CBCCOc1ccc(C#N)cc1. The normalized spacial score (nSPS) is 8.92. The molecular formula is C10H12BNO.